The Bertz CT molecular complexity index is 5070. The highest BCUT2D eigenvalue weighted by Crippen LogP contribution is 2.56. The molecule has 0 aliphatic heterocycles. The predicted octanol–water partition coefficient (Wildman–Crippen LogP) is 23.6. The molecule has 0 unspecified atom stereocenters. The van der Waals surface area contributed by atoms with E-state index in [1.54, 1.807) is 0 Å². The van der Waals surface area contributed by atoms with Crippen molar-refractivity contribution < 1.29 is 0 Å². The SMILES string of the molecule is CC(C)(C)c1ccc(N(c2ccccc2)c2ccc3c(-c4ccc5ccccc5c4)c4cc(N(c5ccccc5)c5ccc6c(c5)C(C)(C)c5c-6ccc6ccccc56)ccc4c(-c4ccc5c(c4)C(C)(C)c4cccc6cccc-5c46)c3c2)cc1. The topological polar surface area (TPSA) is 6.48 Å². The lowest BCUT2D eigenvalue weighted by molar-refractivity contribution is 0.590. The third-order valence-corrected chi connectivity index (χ3v) is 19.3. The minimum Gasteiger partial charge on any atom is -0.310 e. The summed E-state index contributed by atoms with van der Waals surface area (Å²) < 4.78 is 0. The largest absolute Gasteiger partial charge is 0.310 e. The first-order chi connectivity index (χ1) is 41.8. The molecular formula is C84H66N2. The van der Waals surface area contributed by atoms with Crippen LogP contribution in [0, 0.1) is 0 Å². The van der Waals surface area contributed by atoms with Gasteiger partial charge in [-0.2, -0.15) is 0 Å². The van der Waals surface area contributed by atoms with Crippen LogP contribution in [0.1, 0.15) is 76.3 Å². The minimum atomic E-state index is -0.271. The highest BCUT2D eigenvalue weighted by molar-refractivity contribution is 6.23. The number of hydrogen-bond acceptors (Lipinski definition) is 2. The van der Waals surface area contributed by atoms with Gasteiger partial charge >= 0.3 is 0 Å². The van der Waals surface area contributed by atoms with Crippen molar-refractivity contribution in [1.29, 1.82) is 0 Å². The number of para-hydroxylation sites is 2. The van der Waals surface area contributed by atoms with Crippen molar-refractivity contribution in [2.45, 2.75) is 64.7 Å². The van der Waals surface area contributed by atoms with Crippen molar-refractivity contribution >= 4 is 88.0 Å². The van der Waals surface area contributed by atoms with Crippen molar-refractivity contribution in [3.63, 3.8) is 0 Å². The van der Waals surface area contributed by atoms with Crippen LogP contribution in [-0.4, -0.2) is 0 Å². The molecular weight excluding hydrogens is 1040 g/mol. The van der Waals surface area contributed by atoms with Gasteiger partial charge in [0.05, 0.1) is 0 Å². The molecule has 2 aliphatic rings. The van der Waals surface area contributed by atoms with E-state index < -0.39 is 0 Å². The summed E-state index contributed by atoms with van der Waals surface area (Å²) in [6.45, 7) is 16.5. The molecule has 0 heterocycles. The van der Waals surface area contributed by atoms with Gasteiger partial charge in [-0.3, -0.25) is 0 Å². The normalized spacial score (nSPS) is 13.7. The van der Waals surface area contributed by atoms with E-state index in [4.69, 9.17) is 0 Å². The Morgan fingerprint density at radius 2 is 0.756 bits per heavy atom. The first-order valence-corrected chi connectivity index (χ1v) is 30.5. The Labute approximate surface area is 504 Å². The molecule has 16 rings (SSSR count). The first kappa shape index (κ1) is 51.6. The molecule has 0 saturated carbocycles. The van der Waals surface area contributed by atoms with Gasteiger partial charge in [0, 0.05) is 45.0 Å². The van der Waals surface area contributed by atoms with Gasteiger partial charge in [0.2, 0.25) is 0 Å². The van der Waals surface area contributed by atoms with E-state index in [-0.39, 0.29) is 16.2 Å². The maximum absolute atomic E-state index is 2.54. The molecule has 2 heteroatoms. The summed E-state index contributed by atoms with van der Waals surface area (Å²) in [6, 6.07) is 103. The molecule has 14 aromatic carbocycles. The molecule has 86 heavy (non-hydrogen) atoms. The highest BCUT2D eigenvalue weighted by Gasteiger charge is 2.38. The van der Waals surface area contributed by atoms with Crippen molar-refractivity contribution in [3.05, 3.63) is 301 Å². The average molecular weight is 1100 g/mol. The Morgan fingerprint density at radius 1 is 0.279 bits per heavy atom. The molecule has 0 aromatic heterocycles. The molecule has 0 atom stereocenters. The van der Waals surface area contributed by atoms with Crippen LogP contribution < -0.4 is 9.80 Å². The van der Waals surface area contributed by atoms with Crippen LogP contribution in [-0.2, 0) is 16.2 Å². The molecule has 412 valence electrons. The van der Waals surface area contributed by atoms with E-state index in [0.717, 1.165) is 34.1 Å². The van der Waals surface area contributed by atoms with Gasteiger partial charge in [-0.1, -0.05) is 237 Å². The zero-order valence-corrected chi connectivity index (χ0v) is 49.9. The molecule has 0 saturated heterocycles. The second-order valence-corrected chi connectivity index (χ2v) is 26.1. The van der Waals surface area contributed by atoms with Crippen LogP contribution in [0.2, 0.25) is 0 Å². The third kappa shape index (κ3) is 8.00. The first-order valence-electron chi connectivity index (χ1n) is 30.5. The van der Waals surface area contributed by atoms with Crippen molar-refractivity contribution in [2.24, 2.45) is 0 Å². The van der Waals surface area contributed by atoms with E-state index >= 15 is 0 Å². The number of rotatable bonds is 8. The van der Waals surface area contributed by atoms with Gasteiger partial charge < -0.3 is 9.80 Å². The molecule has 0 N–H and O–H groups in total. The van der Waals surface area contributed by atoms with E-state index in [1.165, 1.54) is 126 Å². The van der Waals surface area contributed by atoms with E-state index in [2.05, 4.69) is 331 Å². The highest BCUT2D eigenvalue weighted by atomic mass is 15.1. The predicted molar refractivity (Wildman–Crippen MR) is 368 cm³/mol. The molecule has 0 bridgehead atoms. The lowest BCUT2D eigenvalue weighted by Crippen LogP contribution is -2.23. The number of nitrogens with zero attached hydrogens (tertiary/aromatic N) is 2. The van der Waals surface area contributed by atoms with Gasteiger partial charge in [-0.25, -0.2) is 0 Å². The molecule has 14 aromatic rings. The average Bonchev–Trinajstić information content (AvgIpc) is 1.11. The second-order valence-electron chi connectivity index (χ2n) is 26.1. The monoisotopic (exact) mass is 1100 g/mol. The lowest BCUT2D eigenvalue weighted by Gasteiger charge is -2.35. The van der Waals surface area contributed by atoms with Crippen molar-refractivity contribution in [1.82, 2.24) is 0 Å². The van der Waals surface area contributed by atoms with Gasteiger partial charge in [0.25, 0.3) is 0 Å². The fourth-order valence-corrected chi connectivity index (χ4v) is 15.0. The fraction of sp³-hybridized carbons (Fsp3) is 0.119. The molecule has 2 aliphatic carbocycles. The summed E-state index contributed by atoms with van der Waals surface area (Å²) in [4.78, 5) is 4.92. The summed E-state index contributed by atoms with van der Waals surface area (Å²) in [7, 11) is 0. The molecule has 0 radical (unpaired) electrons. The number of anilines is 6. The molecule has 0 spiro atoms. The van der Waals surface area contributed by atoms with E-state index in [9.17, 15) is 0 Å². The Kier molecular flexibility index (Phi) is 11.6. The van der Waals surface area contributed by atoms with Crippen LogP contribution in [0.5, 0.6) is 0 Å². The van der Waals surface area contributed by atoms with Crippen LogP contribution in [0.15, 0.2) is 273 Å². The summed E-state index contributed by atoms with van der Waals surface area (Å²) in [6.07, 6.45) is 0. The molecule has 2 nitrogen and oxygen atoms in total. The Hall–Kier alpha value is -10.0. The molecule has 0 fully saturated rings. The van der Waals surface area contributed by atoms with Gasteiger partial charge in [-0.15, -0.1) is 0 Å². The standard InChI is InChI=1S/C84H66N2/c1-82(2,3)59-36-38-62(39-37-59)85(60-25-10-8-11-26-60)63-41-46-70-74(50-63)79(58-35-43-67-69-30-18-23-55-24-19-31-75(80(55)69)83(4,5)76(67)49-58)71-47-42-64(51-73(71)78(70)57-33-32-53-20-14-15-22-56(53)48-57)86(61-27-12-9-13-28-61)65-40-45-68-72-44-34-54-21-16-17-29-66(54)81(72)84(6,7)77(68)52-65/h8-52H,1-7H3. The van der Waals surface area contributed by atoms with Crippen LogP contribution >= 0.6 is 0 Å². The van der Waals surface area contributed by atoms with E-state index in [0.29, 0.717) is 0 Å². The number of hydrogen-bond donors (Lipinski definition) is 0. The third-order valence-electron chi connectivity index (χ3n) is 19.3. The maximum atomic E-state index is 2.54. The van der Waals surface area contributed by atoms with Gasteiger partial charge in [0.1, 0.15) is 0 Å². The van der Waals surface area contributed by atoms with Crippen molar-refractivity contribution in [2.75, 3.05) is 9.80 Å². The zero-order chi connectivity index (χ0) is 58.2. The Balaban J connectivity index is 0.985. The van der Waals surface area contributed by atoms with Crippen LogP contribution in [0.4, 0.5) is 34.1 Å². The zero-order valence-electron chi connectivity index (χ0n) is 49.9. The smallest absolute Gasteiger partial charge is 0.0468 e. The molecule has 0 amide bonds. The Morgan fingerprint density at radius 3 is 1.43 bits per heavy atom. The van der Waals surface area contributed by atoms with Gasteiger partial charge in [-0.05, 0) is 217 Å². The van der Waals surface area contributed by atoms with Gasteiger partial charge in [0.15, 0.2) is 0 Å². The number of fused-ring (bicyclic) bond motifs is 10. The maximum Gasteiger partial charge on any atom is 0.0468 e. The second kappa shape index (κ2) is 19.3. The van der Waals surface area contributed by atoms with Crippen LogP contribution in [0.3, 0.4) is 0 Å². The summed E-state index contributed by atoms with van der Waals surface area (Å²) in [5.74, 6) is 0. The minimum absolute atomic E-state index is 0.0184. The van der Waals surface area contributed by atoms with E-state index in [1.807, 2.05) is 0 Å². The quantitative estimate of drug-likeness (QED) is 0.140. The lowest BCUT2D eigenvalue weighted by atomic mass is 9.68. The summed E-state index contributed by atoms with van der Waals surface area (Å²) >= 11 is 0. The van der Waals surface area contributed by atoms with Crippen LogP contribution in [0.25, 0.3) is 98.4 Å². The number of benzene rings is 14. The van der Waals surface area contributed by atoms with Crippen molar-refractivity contribution in [3.8, 4) is 44.5 Å². The summed E-state index contributed by atoms with van der Waals surface area (Å²) in [5, 5.41) is 12.5. The fourth-order valence-electron chi connectivity index (χ4n) is 15.0. The summed E-state index contributed by atoms with van der Waals surface area (Å²) in [5.41, 5.74) is 22.9.